The maximum absolute atomic E-state index is 12.2. The van der Waals surface area contributed by atoms with Crippen LogP contribution < -0.4 is 15.4 Å². The second kappa shape index (κ2) is 6.80. The van der Waals surface area contributed by atoms with Crippen molar-refractivity contribution in [1.82, 2.24) is 24.3 Å². The maximum atomic E-state index is 12.2. The summed E-state index contributed by atoms with van der Waals surface area (Å²) in [6.07, 6.45) is 7.20. The van der Waals surface area contributed by atoms with E-state index in [2.05, 4.69) is 40.2 Å². The van der Waals surface area contributed by atoms with Crippen molar-refractivity contribution >= 4 is 17.4 Å². The summed E-state index contributed by atoms with van der Waals surface area (Å²) >= 11 is 0. The molecule has 8 heteroatoms. The molecule has 28 heavy (non-hydrogen) atoms. The van der Waals surface area contributed by atoms with E-state index < -0.39 is 0 Å². The van der Waals surface area contributed by atoms with Gasteiger partial charge < -0.3 is 9.80 Å². The first-order chi connectivity index (χ1) is 13.8. The lowest BCUT2D eigenvalue weighted by molar-refractivity contribution is 0.631. The lowest BCUT2D eigenvalue weighted by Crippen LogP contribution is -2.48. The molecular formula is C20H19N7O. The number of aromatic amines is 1. The highest BCUT2D eigenvalue weighted by Crippen LogP contribution is 2.21. The highest BCUT2D eigenvalue weighted by molar-refractivity contribution is 5.59. The van der Waals surface area contributed by atoms with Crippen LogP contribution in [-0.2, 0) is 0 Å². The van der Waals surface area contributed by atoms with Crippen molar-refractivity contribution in [2.24, 2.45) is 0 Å². The molecule has 4 aromatic heterocycles. The van der Waals surface area contributed by atoms with E-state index >= 15 is 0 Å². The van der Waals surface area contributed by atoms with Crippen LogP contribution in [0.3, 0.4) is 0 Å². The lowest BCUT2D eigenvalue weighted by atomic mass is 10.2. The van der Waals surface area contributed by atoms with Crippen LogP contribution in [0.15, 0.2) is 66.0 Å². The number of aromatic nitrogens is 5. The Morgan fingerprint density at radius 2 is 1.71 bits per heavy atom. The van der Waals surface area contributed by atoms with E-state index in [1.54, 1.807) is 12.4 Å². The minimum atomic E-state index is -0.151. The number of nitrogens with one attached hydrogen (secondary N) is 1. The first-order valence-electron chi connectivity index (χ1n) is 9.22. The third kappa shape index (κ3) is 2.98. The van der Waals surface area contributed by atoms with Crippen molar-refractivity contribution in [1.29, 1.82) is 0 Å². The summed E-state index contributed by atoms with van der Waals surface area (Å²) in [4.78, 5) is 32.6. The van der Waals surface area contributed by atoms with E-state index in [9.17, 15) is 4.79 Å². The molecule has 8 nitrogen and oxygen atoms in total. The first-order valence-corrected chi connectivity index (χ1v) is 9.22. The van der Waals surface area contributed by atoms with Gasteiger partial charge in [-0.3, -0.25) is 19.2 Å². The molecule has 0 spiro atoms. The second-order valence-corrected chi connectivity index (χ2v) is 6.70. The van der Waals surface area contributed by atoms with Crippen molar-refractivity contribution in [3.05, 3.63) is 71.5 Å². The molecule has 0 bridgehead atoms. The van der Waals surface area contributed by atoms with Gasteiger partial charge in [-0.15, -0.1) is 0 Å². The number of piperazine rings is 1. The summed E-state index contributed by atoms with van der Waals surface area (Å²) in [6, 6.07) is 11.4. The Hall–Kier alpha value is -3.68. The average molecular weight is 373 g/mol. The zero-order valence-electron chi connectivity index (χ0n) is 15.2. The number of H-pyrrole nitrogens is 1. The number of fused-ring (bicyclic) bond motifs is 1. The number of imidazole rings is 1. The van der Waals surface area contributed by atoms with Gasteiger partial charge in [-0.25, -0.2) is 9.97 Å². The molecular weight excluding hydrogens is 354 g/mol. The smallest absolute Gasteiger partial charge is 0.252 e. The SMILES string of the molecule is O=c1cc(-c2ccncc2)nc(N2CCN(c3cccc4nccn34)CC2)[nH]1. The molecule has 1 saturated heterocycles. The molecule has 0 aliphatic carbocycles. The summed E-state index contributed by atoms with van der Waals surface area (Å²) in [5, 5.41) is 0. The molecule has 0 radical (unpaired) electrons. The summed E-state index contributed by atoms with van der Waals surface area (Å²) < 4.78 is 2.10. The standard InChI is InChI=1S/C20H19N7O/c28-18-14-16(15-4-6-21-7-5-15)23-20(24-18)26-12-10-25(11-13-26)19-3-1-2-17-22-8-9-27(17)19/h1-9,14H,10-13H2,(H,23,24,28). The summed E-state index contributed by atoms with van der Waals surface area (Å²) in [5.41, 5.74) is 2.33. The second-order valence-electron chi connectivity index (χ2n) is 6.70. The summed E-state index contributed by atoms with van der Waals surface area (Å²) in [7, 11) is 0. The predicted molar refractivity (Wildman–Crippen MR) is 108 cm³/mol. The maximum Gasteiger partial charge on any atom is 0.252 e. The van der Waals surface area contributed by atoms with Gasteiger partial charge in [0.1, 0.15) is 11.5 Å². The van der Waals surface area contributed by atoms with Gasteiger partial charge in [-0.1, -0.05) is 6.07 Å². The molecule has 140 valence electrons. The molecule has 0 aromatic carbocycles. The molecule has 1 aliphatic heterocycles. The Kier molecular flexibility index (Phi) is 4.01. The van der Waals surface area contributed by atoms with Gasteiger partial charge >= 0.3 is 0 Å². The van der Waals surface area contributed by atoms with Crippen LogP contribution in [0.2, 0.25) is 0 Å². The highest BCUT2D eigenvalue weighted by Gasteiger charge is 2.21. The molecule has 1 fully saturated rings. The van der Waals surface area contributed by atoms with E-state index in [-0.39, 0.29) is 5.56 Å². The molecule has 5 rings (SSSR count). The molecule has 0 atom stereocenters. The Morgan fingerprint density at radius 1 is 0.929 bits per heavy atom. The molecule has 0 unspecified atom stereocenters. The van der Waals surface area contributed by atoms with Crippen LogP contribution in [0.1, 0.15) is 0 Å². The topological polar surface area (TPSA) is 82.4 Å². The van der Waals surface area contributed by atoms with Crippen molar-refractivity contribution < 1.29 is 0 Å². The van der Waals surface area contributed by atoms with Gasteiger partial charge in [0.05, 0.1) is 5.69 Å². The molecule has 5 heterocycles. The third-order valence-corrected chi connectivity index (χ3v) is 5.02. The predicted octanol–water partition coefficient (Wildman–Crippen LogP) is 1.81. The Balaban J connectivity index is 1.38. The summed E-state index contributed by atoms with van der Waals surface area (Å²) in [6.45, 7) is 3.21. The van der Waals surface area contributed by atoms with Gasteiger partial charge in [-0.05, 0) is 24.3 Å². The highest BCUT2D eigenvalue weighted by atomic mass is 16.1. The molecule has 0 saturated carbocycles. The van der Waals surface area contributed by atoms with Crippen molar-refractivity contribution in [3.63, 3.8) is 0 Å². The van der Waals surface area contributed by atoms with Crippen LogP contribution in [0.4, 0.5) is 11.8 Å². The van der Waals surface area contributed by atoms with E-state index in [4.69, 9.17) is 0 Å². The fourth-order valence-electron chi connectivity index (χ4n) is 3.60. The van der Waals surface area contributed by atoms with Crippen LogP contribution in [-0.4, -0.2) is 50.5 Å². The average Bonchev–Trinajstić information content (AvgIpc) is 3.23. The van der Waals surface area contributed by atoms with Gasteiger partial charge in [0.15, 0.2) is 0 Å². The van der Waals surface area contributed by atoms with Gasteiger partial charge in [0.25, 0.3) is 5.56 Å². The largest absolute Gasteiger partial charge is 0.354 e. The first kappa shape index (κ1) is 16.5. The quantitative estimate of drug-likeness (QED) is 0.590. The van der Waals surface area contributed by atoms with Crippen LogP contribution >= 0.6 is 0 Å². The Bertz CT molecular complexity index is 1160. The number of hydrogen-bond donors (Lipinski definition) is 1. The number of rotatable bonds is 3. The lowest BCUT2D eigenvalue weighted by Gasteiger charge is -2.36. The number of nitrogens with zero attached hydrogens (tertiary/aromatic N) is 6. The van der Waals surface area contributed by atoms with Crippen LogP contribution in [0.25, 0.3) is 16.9 Å². The van der Waals surface area contributed by atoms with Crippen molar-refractivity contribution in [2.75, 3.05) is 36.0 Å². The van der Waals surface area contributed by atoms with Crippen molar-refractivity contribution in [2.45, 2.75) is 0 Å². The minimum absolute atomic E-state index is 0.151. The van der Waals surface area contributed by atoms with Crippen LogP contribution in [0.5, 0.6) is 0 Å². The van der Waals surface area contributed by atoms with E-state index in [1.807, 2.05) is 36.7 Å². The number of pyridine rings is 2. The normalized spacial score (nSPS) is 14.6. The number of anilines is 2. The summed E-state index contributed by atoms with van der Waals surface area (Å²) in [5.74, 6) is 1.74. The zero-order chi connectivity index (χ0) is 18.9. The molecule has 0 amide bonds. The molecule has 1 N–H and O–H groups in total. The van der Waals surface area contributed by atoms with E-state index in [1.165, 1.54) is 6.07 Å². The number of hydrogen-bond acceptors (Lipinski definition) is 6. The third-order valence-electron chi connectivity index (χ3n) is 5.02. The van der Waals surface area contributed by atoms with E-state index in [0.29, 0.717) is 11.6 Å². The van der Waals surface area contributed by atoms with E-state index in [0.717, 1.165) is 43.2 Å². The van der Waals surface area contributed by atoms with Crippen molar-refractivity contribution in [3.8, 4) is 11.3 Å². The zero-order valence-corrected chi connectivity index (χ0v) is 15.2. The van der Waals surface area contributed by atoms with Gasteiger partial charge in [-0.2, -0.15) is 0 Å². The Morgan fingerprint density at radius 3 is 2.54 bits per heavy atom. The molecule has 4 aromatic rings. The fraction of sp³-hybridized carbons (Fsp3) is 0.200. The Labute approximate surface area is 161 Å². The molecule has 1 aliphatic rings. The minimum Gasteiger partial charge on any atom is -0.354 e. The van der Waals surface area contributed by atoms with Gasteiger partial charge in [0, 0.05) is 62.6 Å². The van der Waals surface area contributed by atoms with Gasteiger partial charge in [0.2, 0.25) is 5.95 Å². The van der Waals surface area contributed by atoms with Crippen LogP contribution in [0, 0.1) is 0 Å². The fourth-order valence-corrected chi connectivity index (χ4v) is 3.60. The monoisotopic (exact) mass is 373 g/mol.